The lowest BCUT2D eigenvalue weighted by Gasteiger charge is -2.15. The molecular formula is C11H22ClNO2. The number of likely N-dealkylation sites (tertiary alicyclic amines) is 1. The van der Waals surface area contributed by atoms with Crippen molar-refractivity contribution in [2.45, 2.75) is 12.8 Å². The van der Waals surface area contributed by atoms with E-state index in [1.54, 1.807) is 7.11 Å². The van der Waals surface area contributed by atoms with E-state index in [-0.39, 0.29) is 0 Å². The maximum atomic E-state index is 5.73. The van der Waals surface area contributed by atoms with E-state index in [9.17, 15) is 0 Å². The fraction of sp³-hybridized carbons (Fsp3) is 1.00. The molecule has 0 amide bonds. The molecule has 0 N–H and O–H groups in total. The van der Waals surface area contributed by atoms with Gasteiger partial charge in [-0.15, -0.1) is 11.6 Å². The largest absolute Gasteiger partial charge is 0.382 e. The maximum Gasteiger partial charge on any atom is 0.0700 e. The fourth-order valence-electron chi connectivity index (χ4n) is 1.94. The zero-order valence-electron chi connectivity index (χ0n) is 9.58. The molecule has 0 aromatic carbocycles. The Labute approximate surface area is 97.7 Å². The normalized spacial score (nSPS) is 22.4. The van der Waals surface area contributed by atoms with Crippen LogP contribution in [-0.4, -0.2) is 57.3 Å². The Hall–Kier alpha value is 0.170. The van der Waals surface area contributed by atoms with Gasteiger partial charge in [-0.3, -0.25) is 0 Å². The third kappa shape index (κ3) is 5.71. The zero-order valence-corrected chi connectivity index (χ0v) is 10.3. The molecule has 0 spiro atoms. The van der Waals surface area contributed by atoms with Crippen molar-refractivity contribution in [2.24, 2.45) is 5.92 Å². The van der Waals surface area contributed by atoms with Gasteiger partial charge in [-0.05, 0) is 25.3 Å². The Morgan fingerprint density at radius 2 is 2.20 bits per heavy atom. The lowest BCUT2D eigenvalue weighted by atomic mass is 10.1. The van der Waals surface area contributed by atoms with E-state index < -0.39 is 0 Å². The van der Waals surface area contributed by atoms with E-state index in [0.29, 0.717) is 13.2 Å². The molecule has 4 heteroatoms. The van der Waals surface area contributed by atoms with Gasteiger partial charge in [0.25, 0.3) is 0 Å². The van der Waals surface area contributed by atoms with E-state index in [1.807, 2.05) is 0 Å². The number of nitrogens with zero attached hydrogens (tertiary/aromatic N) is 1. The standard InChI is InChI=1S/C11H22ClNO2/c1-14-8-9-15-7-6-13-5-3-11(10-13)2-4-12/h11H,2-10H2,1H3. The molecule has 0 radical (unpaired) electrons. The molecular weight excluding hydrogens is 214 g/mol. The van der Waals surface area contributed by atoms with Crippen molar-refractivity contribution in [3.8, 4) is 0 Å². The van der Waals surface area contributed by atoms with Crippen molar-refractivity contribution in [3.05, 3.63) is 0 Å². The number of alkyl halides is 1. The summed E-state index contributed by atoms with van der Waals surface area (Å²) in [5.74, 6) is 1.60. The van der Waals surface area contributed by atoms with Crippen molar-refractivity contribution in [1.29, 1.82) is 0 Å². The predicted octanol–water partition coefficient (Wildman–Crippen LogP) is 1.60. The van der Waals surface area contributed by atoms with Gasteiger partial charge in [0.1, 0.15) is 0 Å². The average molecular weight is 236 g/mol. The topological polar surface area (TPSA) is 21.7 Å². The van der Waals surface area contributed by atoms with E-state index in [4.69, 9.17) is 21.1 Å². The second-order valence-electron chi connectivity index (χ2n) is 4.04. The highest BCUT2D eigenvalue weighted by Crippen LogP contribution is 2.19. The van der Waals surface area contributed by atoms with E-state index in [2.05, 4.69) is 4.90 Å². The van der Waals surface area contributed by atoms with E-state index in [1.165, 1.54) is 19.5 Å². The first kappa shape index (κ1) is 13.2. The third-order valence-electron chi connectivity index (χ3n) is 2.87. The molecule has 1 aliphatic heterocycles. The van der Waals surface area contributed by atoms with E-state index >= 15 is 0 Å². The minimum absolute atomic E-state index is 0.689. The molecule has 0 bridgehead atoms. The van der Waals surface area contributed by atoms with E-state index in [0.717, 1.165) is 31.4 Å². The Balaban J connectivity index is 1.94. The highest BCUT2D eigenvalue weighted by Gasteiger charge is 2.21. The van der Waals surface area contributed by atoms with Gasteiger partial charge in [0.2, 0.25) is 0 Å². The predicted molar refractivity (Wildman–Crippen MR) is 62.6 cm³/mol. The summed E-state index contributed by atoms with van der Waals surface area (Å²) < 4.78 is 10.3. The van der Waals surface area contributed by atoms with Crippen molar-refractivity contribution in [1.82, 2.24) is 4.90 Å². The Morgan fingerprint density at radius 1 is 1.33 bits per heavy atom. The summed E-state index contributed by atoms with van der Waals surface area (Å²) in [6.07, 6.45) is 2.45. The average Bonchev–Trinajstić information content (AvgIpc) is 2.66. The molecule has 0 aromatic rings. The molecule has 1 heterocycles. The Kier molecular flexibility index (Phi) is 7.36. The molecule has 1 atom stereocenters. The number of rotatable bonds is 8. The Bertz CT molecular complexity index is 158. The molecule has 1 aliphatic rings. The monoisotopic (exact) mass is 235 g/mol. The zero-order chi connectivity index (χ0) is 10.9. The molecule has 0 aliphatic carbocycles. The number of ether oxygens (including phenoxy) is 2. The highest BCUT2D eigenvalue weighted by molar-refractivity contribution is 6.17. The number of hydrogen-bond donors (Lipinski definition) is 0. The van der Waals surface area contributed by atoms with Crippen LogP contribution in [0.2, 0.25) is 0 Å². The summed E-state index contributed by atoms with van der Waals surface area (Å²) in [5, 5.41) is 0. The van der Waals surface area contributed by atoms with Crippen molar-refractivity contribution in [2.75, 3.05) is 52.4 Å². The molecule has 0 saturated carbocycles. The first-order valence-corrected chi connectivity index (χ1v) is 6.25. The maximum absolute atomic E-state index is 5.73. The molecule has 1 saturated heterocycles. The van der Waals surface area contributed by atoms with Crippen LogP contribution in [-0.2, 0) is 9.47 Å². The molecule has 15 heavy (non-hydrogen) atoms. The number of methoxy groups -OCH3 is 1. The molecule has 3 nitrogen and oxygen atoms in total. The van der Waals surface area contributed by atoms with Crippen molar-refractivity contribution >= 4 is 11.6 Å². The second kappa shape index (κ2) is 8.34. The summed E-state index contributed by atoms with van der Waals surface area (Å²) in [5.41, 5.74) is 0. The van der Waals surface area contributed by atoms with Gasteiger partial charge < -0.3 is 14.4 Å². The van der Waals surface area contributed by atoms with Crippen LogP contribution in [0.15, 0.2) is 0 Å². The molecule has 1 rings (SSSR count). The summed E-state index contributed by atoms with van der Waals surface area (Å²) in [6.45, 7) is 5.65. The van der Waals surface area contributed by atoms with Crippen LogP contribution in [0.5, 0.6) is 0 Å². The molecule has 1 fully saturated rings. The molecule has 90 valence electrons. The second-order valence-corrected chi connectivity index (χ2v) is 4.42. The van der Waals surface area contributed by atoms with Crippen LogP contribution >= 0.6 is 11.6 Å². The first-order chi connectivity index (χ1) is 7.36. The van der Waals surface area contributed by atoms with Gasteiger partial charge in [-0.25, -0.2) is 0 Å². The van der Waals surface area contributed by atoms with Crippen LogP contribution in [0.25, 0.3) is 0 Å². The van der Waals surface area contributed by atoms with Gasteiger partial charge in [0, 0.05) is 26.1 Å². The third-order valence-corrected chi connectivity index (χ3v) is 3.09. The first-order valence-electron chi connectivity index (χ1n) is 5.71. The number of halogens is 1. The summed E-state index contributed by atoms with van der Waals surface area (Å²) >= 11 is 5.73. The van der Waals surface area contributed by atoms with Crippen LogP contribution in [0.4, 0.5) is 0 Å². The lowest BCUT2D eigenvalue weighted by molar-refractivity contribution is 0.0599. The lowest BCUT2D eigenvalue weighted by Crippen LogP contribution is -2.25. The van der Waals surface area contributed by atoms with Crippen LogP contribution in [0, 0.1) is 5.92 Å². The molecule has 0 aromatic heterocycles. The minimum atomic E-state index is 0.689. The minimum Gasteiger partial charge on any atom is -0.382 e. The number of hydrogen-bond acceptors (Lipinski definition) is 3. The van der Waals surface area contributed by atoms with Gasteiger partial charge >= 0.3 is 0 Å². The van der Waals surface area contributed by atoms with Crippen LogP contribution in [0.1, 0.15) is 12.8 Å². The van der Waals surface area contributed by atoms with Crippen molar-refractivity contribution in [3.63, 3.8) is 0 Å². The van der Waals surface area contributed by atoms with Gasteiger partial charge in [0.15, 0.2) is 0 Å². The SMILES string of the molecule is COCCOCCN1CCC(CCCl)C1. The summed E-state index contributed by atoms with van der Waals surface area (Å²) in [4.78, 5) is 2.46. The summed E-state index contributed by atoms with van der Waals surface area (Å²) in [6, 6.07) is 0. The highest BCUT2D eigenvalue weighted by atomic mass is 35.5. The summed E-state index contributed by atoms with van der Waals surface area (Å²) in [7, 11) is 1.70. The fourth-order valence-corrected chi connectivity index (χ4v) is 2.25. The van der Waals surface area contributed by atoms with Crippen LogP contribution < -0.4 is 0 Å². The quantitative estimate of drug-likeness (QED) is 0.471. The smallest absolute Gasteiger partial charge is 0.0700 e. The van der Waals surface area contributed by atoms with Gasteiger partial charge in [0.05, 0.1) is 19.8 Å². The molecule has 1 unspecified atom stereocenters. The van der Waals surface area contributed by atoms with Gasteiger partial charge in [-0.1, -0.05) is 0 Å². The Morgan fingerprint density at radius 3 is 2.93 bits per heavy atom. The van der Waals surface area contributed by atoms with Crippen LogP contribution in [0.3, 0.4) is 0 Å². The van der Waals surface area contributed by atoms with Crippen molar-refractivity contribution < 1.29 is 9.47 Å². The van der Waals surface area contributed by atoms with Gasteiger partial charge in [-0.2, -0.15) is 0 Å².